The number of piperidine rings is 1. The zero-order valence-corrected chi connectivity index (χ0v) is 23.0. The zero-order chi connectivity index (χ0) is 26.1. The van der Waals surface area contributed by atoms with Gasteiger partial charge in [0.05, 0.1) is 30.4 Å². The second-order valence-electron chi connectivity index (χ2n) is 11.9. The van der Waals surface area contributed by atoms with Crippen molar-refractivity contribution in [2.45, 2.75) is 50.7 Å². The molecule has 38 heavy (non-hydrogen) atoms. The summed E-state index contributed by atoms with van der Waals surface area (Å²) in [6.45, 7) is 14.2. The van der Waals surface area contributed by atoms with Crippen LogP contribution in [-0.2, 0) is 11.2 Å². The van der Waals surface area contributed by atoms with Crippen LogP contribution >= 0.6 is 0 Å². The minimum atomic E-state index is 0.190. The lowest BCUT2D eigenvalue weighted by Gasteiger charge is -2.53. The van der Waals surface area contributed by atoms with Gasteiger partial charge in [0.1, 0.15) is 0 Å². The average Bonchev–Trinajstić information content (AvgIpc) is 3.37. The Bertz CT molecular complexity index is 1210. The van der Waals surface area contributed by atoms with E-state index in [1.807, 2.05) is 12.1 Å². The minimum absolute atomic E-state index is 0.190. The van der Waals surface area contributed by atoms with Crippen molar-refractivity contribution < 1.29 is 4.74 Å². The molecule has 200 valence electrons. The van der Waals surface area contributed by atoms with Crippen LogP contribution in [0.2, 0.25) is 0 Å². The molecule has 0 unspecified atom stereocenters. The number of nitriles is 1. The molecule has 6 nitrogen and oxygen atoms in total. The van der Waals surface area contributed by atoms with Gasteiger partial charge in [0, 0.05) is 63.6 Å². The Balaban J connectivity index is 1.02. The molecule has 1 aliphatic carbocycles. The molecule has 2 aromatic rings. The molecule has 3 fully saturated rings. The molecule has 0 radical (unpaired) electrons. The van der Waals surface area contributed by atoms with Gasteiger partial charge in [-0.1, -0.05) is 24.3 Å². The predicted octanol–water partition coefficient (Wildman–Crippen LogP) is 4.01. The maximum Gasteiger partial charge on any atom is 0.0991 e. The maximum atomic E-state index is 9.23. The van der Waals surface area contributed by atoms with Crippen molar-refractivity contribution in [2.24, 2.45) is 0 Å². The fourth-order valence-electron chi connectivity index (χ4n) is 6.61. The van der Waals surface area contributed by atoms with Crippen molar-refractivity contribution in [2.75, 3.05) is 63.9 Å². The van der Waals surface area contributed by atoms with Crippen molar-refractivity contribution in [3.63, 3.8) is 0 Å². The van der Waals surface area contributed by atoms with Crippen LogP contribution in [0.4, 0.5) is 5.69 Å². The Labute approximate surface area is 227 Å². The number of allylic oxidation sites excluding steroid dienone is 1. The average molecular weight is 512 g/mol. The molecule has 6 rings (SSSR count). The number of anilines is 1. The van der Waals surface area contributed by atoms with E-state index in [1.165, 1.54) is 53.9 Å². The van der Waals surface area contributed by atoms with Crippen LogP contribution in [0.25, 0.3) is 11.6 Å². The second kappa shape index (κ2) is 10.8. The lowest BCUT2D eigenvalue weighted by molar-refractivity contribution is -0.149. The first-order chi connectivity index (χ1) is 18.5. The number of hydrogen-bond donors (Lipinski definition) is 1. The molecule has 3 saturated heterocycles. The molecule has 2 aromatic carbocycles. The first-order valence-electron chi connectivity index (χ1n) is 14.4. The van der Waals surface area contributed by atoms with Gasteiger partial charge < -0.3 is 15.0 Å². The minimum Gasteiger partial charge on any atom is -0.377 e. The molecule has 0 amide bonds. The van der Waals surface area contributed by atoms with Gasteiger partial charge in [-0.3, -0.25) is 9.80 Å². The zero-order valence-electron chi connectivity index (χ0n) is 23.0. The van der Waals surface area contributed by atoms with Crippen LogP contribution in [0.1, 0.15) is 48.9 Å². The highest BCUT2D eigenvalue weighted by atomic mass is 16.5. The highest BCUT2D eigenvalue weighted by molar-refractivity contribution is 5.89. The Morgan fingerprint density at radius 2 is 1.82 bits per heavy atom. The maximum absolute atomic E-state index is 9.23. The summed E-state index contributed by atoms with van der Waals surface area (Å²) in [5.74, 6) is 0. The molecular formula is C32H41N5O. The SMILES string of the molecule is CC(C)N1CCN(C2(CNC3CCN(c4cccc(C5=Cc6cc(C#N)ccc6C5)c4)CC3)COC2)CC1. The predicted molar refractivity (Wildman–Crippen MR) is 154 cm³/mol. The van der Waals surface area contributed by atoms with Crippen molar-refractivity contribution in [1.82, 2.24) is 15.1 Å². The lowest BCUT2D eigenvalue weighted by Crippen LogP contribution is -2.70. The fourth-order valence-corrected chi connectivity index (χ4v) is 6.61. The van der Waals surface area contributed by atoms with E-state index < -0.39 is 0 Å². The summed E-state index contributed by atoms with van der Waals surface area (Å²) in [6, 6.07) is 18.5. The van der Waals surface area contributed by atoms with E-state index in [0.29, 0.717) is 12.1 Å². The molecule has 0 spiro atoms. The number of fused-ring (bicyclic) bond motifs is 1. The highest BCUT2D eigenvalue weighted by Gasteiger charge is 2.45. The van der Waals surface area contributed by atoms with Gasteiger partial charge in [-0.15, -0.1) is 0 Å². The first kappa shape index (κ1) is 25.6. The smallest absolute Gasteiger partial charge is 0.0991 e. The number of rotatable bonds is 7. The third kappa shape index (κ3) is 5.13. The van der Waals surface area contributed by atoms with Gasteiger partial charge in [0.2, 0.25) is 0 Å². The molecule has 6 heteroatoms. The lowest BCUT2D eigenvalue weighted by atomic mass is 9.92. The van der Waals surface area contributed by atoms with E-state index in [1.54, 1.807) is 0 Å². The number of piperazine rings is 1. The molecule has 3 aliphatic heterocycles. The van der Waals surface area contributed by atoms with Crippen molar-refractivity contribution in [3.05, 3.63) is 64.7 Å². The topological polar surface area (TPSA) is 54.8 Å². The van der Waals surface area contributed by atoms with Crippen LogP contribution in [0, 0.1) is 11.3 Å². The number of nitrogens with zero attached hydrogens (tertiary/aromatic N) is 4. The van der Waals surface area contributed by atoms with Crippen LogP contribution in [0.5, 0.6) is 0 Å². The van der Waals surface area contributed by atoms with E-state index in [0.717, 1.165) is 57.9 Å². The Morgan fingerprint density at radius 1 is 1.03 bits per heavy atom. The molecule has 0 aromatic heterocycles. The summed E-state index contributed by atoms with van der Waals surface area (Å²) in [5, 5.41) is 13.2. The molecule has 0 atom stereocenters. The third-order valence-corrected chi connectivity index (χ3v) is 9.24. The normalized spacial score (nSPS) is 22.2. The summed E-state index contributed by atoms with van der Waals surface area (Å²) >= 11 is 0. The monoisotopic (exact) mass is 511 g/mol. The van der Waals surface area contributed by atoms with Crippen LogP contribution in [0.15, 0.2) is 42.5 Å². The van der Waals surface area contributed by atoms with E-state index in [-0.39, 0.29) is 5.54 Å². The quantitative estimate of drug-likeness (QED) is 0.606. The first-order valence-corrected chi connectivity index (χ1v) is 14.4. The molecule has 3 heterocycles. The second-order valence-corrected chi connectivity index (χ2v) is 11.9. The molecule has 4 aliphatic rings. The van der Waals surface area contributed by atoms with Gasteiger partial charge >= 0.3 is 0 Å². The Hall–Kier alpha value is -2.69. The summed E-state index contributed by atoms with van der Waals surface area (Å²) in [5.41, 5.74) is 7.38. The van der Waals surface area contributed by atoms with Crippen molar-refractivity contribution >= 4 is 17.3 Å². The van der Waals surface area contributed by atoms with Crippen LogP contribution < -0.4 is 10.2 Å². The Kier molecular flexibility index (Phi) is 7.29. The van der Waals surface area contributed by atoms with E-state index in [9.17, 15) is 5.26 Å². The Morgan fingerprint density at radius 3 is 2.50 bits per heavy atom. The third-order valence-electron chi connectivity index (χ3n) is 9.24. The molecule has 1 N–H and O–H groups in total. The number of benzene rings is 2. The summed E-state index contributed by atoms with van der Waals surface area (Å²) < 4.78 is 5.74. The number of ether oxygens (including phenoxy) is 1. The molecular weight excluding hydrogens is 470 g/mol. The summed E-state index contributed by atoms with van der Waals surface area (Å²) in [7, 11) is 0. The molecule has 0 saturated carbocycles. The van der Waals surface area contributed by atoms with Gasteiger partial charge in [-0.2, -0.15) is 5.26 Å². The fraction of sp³-hybridized carbons (Fsp3) is 0.531. The van der Waals surface area contributed by atoms with Gasteiger partial charge in [-0.05, 0) is 79.6 Å². The summed E-state index contributed by atoms with van der Waals surface area (Å²) in [6.07, 6.45) is 5.54. The van der Waals surface area contributed by atoms with E-state index in [4.69, 9.17) is 4.74 Å². The van der Waals surface area contributed by atoms with Gasteiger partial charge in [0.15, 0.2) is 0 Å². The number of hydrogen-bond acceptors (Lipinski definition) is 6. The van der Waals surface area contributed by atoms with Crippen molar-refractivity contribution in [3.8, 4) is 6.07 Å². The van der Waals surface area contributed by atoms with Crippen molar-refractivity contribution in [1.29, 1.82) is 5.26 Å². The van der Waals surface area contributed by atoms with E-state index in [2.05, 4.69) is 76.3 Å². The van der Waals surface area contributed by atoms with Gasteiger partial charge in [-0.25, -0.2) is 0 Å². The highest BCUT2D eigenvalue weighted by Crippen LogP contribution is 2.34. The molecule has 0 bridgehead atoms. The van der Waals surface area contributed by atoms with Crippen LogP contribution in [-0.4, -0.2) is 86.4 Å². The summed E-state index contributed by atoms with van der Waals surface area (Å²) in [4.78, 5) is 7.83. The number of nitrogens with one attached hydrogen (secondary N) is 1. The van der Waals surface area contributed by atoms with Crippen LogP contribution in [0.3, 0.4) is 0 Å². The van der Waals surface area contributed by atoms with E-state index >= 15 is 0 Å². The van der Waals surface area contributed by atoms with Gasteiger partial charge in [0.25, 0.3) is 0 Å². The largest absolute Gasteiger partial charge is 0.377 e. The standard InChI is InChI=1S/C32H41N5O/c1-24(2)35-12-14-37(15-13-35)32(22-38-23-32)21-34-30-8-10-36(11-9-30)31-5-3-4-26(19-31)29-17-27-7-6-25(20-33)16-28(27)18-29/h3-7,16,18-19,24,30,34H,8-15,17,21-23H2,1-2H3.